The molecule has 1 aromatic rings. The van der Waals surface area contributed by atoms with E-state index in [4.69, 9.17) is 4.74 Å². The largest absolute Gasteiger partial charge is 0.388 e. The van der Waals surface area contributed by atoms with Crippen molar-refractivity contribution in [1.29, 1.82) is 0 Å². The van der Waals surface area contributed by atoms with E-state index < -0.39 is 0 Å². The molecular weight excluding hydrogens is 287 g/mol. The predicted molar refractivity (Wildman–Crippen MR) is 72.5 cm³/mol. The van der Waals surface area contributed by atoms with Crippen LogP contribution in [0, 0.1) is 7.43 Å². The number of ether oxygens (including phenoxy) is 1. The fraction of sp³-hybridized carbons (Fsp3) is 0.357. The second kappa shape index (κ2) is 10.9. The van der Waals surface area contributed by atoms with Crippen molar-refractivity contribution in [3.63, 3.8) is 0 Å². The van der Waals surface area contributed by atoms with Gasteiger partial charge in [-0.15, -0.1) is 0 Å². The Balaban J connectivity index is 0. The zero-order chi connectivity index (χ0) is 11.1. The van der Waals surface area contributed by atoms with Crippen molar-refractivity contribution in [2.24, 2.45) is 0 Å². The molecule has 0 unspecified atom stereocenters. The molecule has 0 saturated carbocycles. The molecule has 0 saturated heterocycles. The third kappa shape index (κ3) is 6.97. The van der Waals surface area contributed by atoms with Crippen LogP contribution in [-0.2, 0) is 37.4 Å². The van der Waals surface area contributed by atoms with Gasteiger partial charge >= 0.3 is 0 Å². The molecule has 0 aliphatic heterocycles. The van der Waals surface area contributed by atoms with Crippen molar-refractivity contribution in [2.45, 2.75) is 13.3 Å². The van der Waals surface area contributed by atoms with Crippen molar-refractivity contribution >= 4 is 11.8 Å². The first-order chi connectivity index (χ1) is 7.30. The summed E-state index contributed by atoms with van der Waals surface area (Å²) in [5.74, 6) is 0. The summed E-state index contributed by atoms with van der Waals surface area (Å²) in [6.45, 7) is 2.86. The minimum atomic E-state index is 0. The third-order valence-electron chi connectivity index (χ3n) is 2.35. The third-order valence-corrected chi connectivity index (χ3v) is 2.35. The van der Waals surface area contributed by atoms with E-state index in [0.717, 1.165) is 12.1 Å². The Labute approximate surface area is 131 Å². The summed E-state index contributed by atoms with van der Waals surface area (Å²) in [5.41, 5.74) is 3.68. The van der Waals surface area contributed by atoms with Gasteiger partial charge in [-0.1, -0.05) is 25.1 Å². The molecule has 1 aromatic carbocycles. The van der Waals surface area contributed by atoms with Gasteiger partial charge in [-0.3, -0.25) is 0 Å². The van der Waals surface area contributed by atoms with Gasteiger partial charge < -0.3 is 17.5 Å². The van der Waals surface area contributed by atoms with Gasteiger partial charge in [0.2, 0.25) is 0 Å². The van der Waals surface area contributed by atoms with E-state index in [1.165, 1.54) is 11.1 Å². The van der Waals surface area contributed by atoms with E-state index in [9.17, 15) is 0 Å². The normalized spacial score (nSPS) is 10.2. The molecule has 0 fully saturated rings. The van der Waals surface area contributed by atoms with Crippen molar-refractivity contribution < 1.29 is 37.4 Å². The van der Waals surface area contributed by atoms with E-state index in [2.05, 4.69) is 42.6 Å². The van der Waals surface area contributed by atoms with Gasteiger partial charge in [0.05, 0.1) is 6.61 Å². The number of hydrogen-bond acceptors (Lipinski definition) is 2. The Hall–Kier alpha value is -0.176. The monoisotopic (exact) mass is 309 g/mol. The molecule has 17 heavy (non-hydrogen) atoms. The second-order valence-electron chi connectivity index (χ2n) is 3.46. The smallest absolute Gasteiger partial charge is 0.0676 e. The summed E-state index contributed by atoms with van der Waals surface area (Å²) in [5, 5.41) is 3.10. The summed E-state index contributed by atoms with van der Waals surface area (Å²) in [4.78, 5) is 0. The molecule has 0 aliphatic carbocycles. The first-order valence-corrected chi connectivity index (χ1v) is 5.26. The molecule has 0 bridgehead atoms. The van der Waals surface area contributed by atoms with Gasteiger partial charge in [0.15, 0.2) is 0 Å². The SMILES string of the molecule is CC/C(=C\c1ccc(NC)cc1)COC.[CH3-].[Y]. The standard InChI is InChI=1S/C13H19NO.CH3.Y/c1-4-11(10-15-3)9-12-5-7-13(14-2)8-6-12;;/h5-9,14H,4,10H2,1-3H3;1H3;/q;-1;/b11-9+;;. The number of benzene rings is 1. The molecule has 1 rings (SSSR count). The zero-order valence-electron chi connectivity index (χ0n) is 11.3. The molecule has 2 nitrogen and oxygen atoms in total. The molecule has 0 aromatic heterocycles. The Kier molecular flexibility index (Phi) is 12.3. The average Bonchev–Trinajstić information content (AvgIpc) is 2.29. The maximum absolute atomic E-state index is 5.13. The fourth-order valence-electron chi connectivity index (χ4n) is 1.41. The predicted octanol–water partition coefficient (Wildman–Crippen LogP) is 3.62. The van der Waals surface area contributed by atoms with E-state index in [-0.39, 0.29) is 40.1 Å². The number of nitrogens with one attached hydrogen (secondary N) is 1. The zero-order valence-corrected chi connectivity index (χ0v) is 14.1. The molecule has 0 heterocycles. The summed E-state index contributed by atoms with van der Waals surface area (Å²) in [7, 11) is 3.65. The summed E-state index contributed by atoms with van der Waals surface area (Å²) in [6.07, 6.45) is 3.21. The Morgan fingerprint density at radius 3 is 2.29 bits per heavy atom. The first kappa shape index (κ1) is 19.2. The van der Waals surface area contributed by atoms with Crippen LogP contribution in [0.25, 0.3) is 6.08 Å². The van der Waals surface area contributed by atoms with Crippen LogP contribution in [0.5, 0.6) is 0 Å². The van der Waals surface area contributed by atoms with Gasteiger partial charge in [-0.05, 0) is 29.7 Å². The van der Waals surface area contributed by atoms with Crippen LogP contribution in [0.4, 0.5) is 5.69 Å². The molecule has 93 valence electrons. The first-order valence-electron chi connectivity index (χ1n) is 5.26. The molecule has 1 N–H and O–H groups in total. The van der Waals surface area contributed by atoms with Crippen LogP contribution >= 0.6 is 0 Å². The fourth-order valence-corrected chi connectivity index (χ4v) is 1.41. The maximum Gasteiger partial charge on any atom is 0.0676 e. The van der Waals surface area contributed by atoms with Crippen molar-refractivity contribution in [3.05, 3.63) is 42.8 Å². The van der Waals surface area contributed by atoms with E-state index in [0.29, 0.717) is 6.61 Å². The van der Waals surface area contributed by atoms with E-state index in [1.54, 1.807) is 7.11 Å². The molecule has 0 atom stereocenters. The van der Waals surface area contributed by atoms with Crippen LogP contribution < -0.4 is 5.32 Å². The summed E-state index contributed by atoms with van der Waals surface area (Å²) >= 11 is 0. The van der Waals surface area contributed by atoms with Crippen LogP contribution in [0.1, 0.15) is 18.9 Å². The van der Waals surface area contributed by atoms with Crippen molar-refractivity contribution in [1.82, 2.24) is 0 Å². The molecule has 0 spiro atoms. The topological polar surface area (TPSA) is 21.3 Å². The van der Waals surface area contributed by atoms with Gasteiger partial charge in [-0.2, -0.15) is 0 Å². The van der Waals surface area contributed by atoms with Gasteiger partial charge in [0.25, 0.3) is 0 Å². The summed E-state index contributed by atoms with van der Waals surface area (Å²) in [6, 6.07) is 8.37. The molecule has 3 heteroatoms. The summed E-state index contributed by atoms with van der Waals surface area (Å²) < 4.78 is 5.13. The minimum absolute atomic E-state index is 0. The van der Waals surface area contributed by atoms with Crippen LogP contribution in [0.3, 0.4) is 0 Å². The Bertz CT molecular complexity index is 319. The Morgan fingerprint density at radius 2 is 1.88 bits per heavy atom. The van der Waals surface area contributed by atoms with Crippen LogP contribution in [-0.4, -0.2) is 20.8 Å². The average molecular weight is 309 g/mol. The van der Waals surface area contributed by atoms with Gasteiger partial charge in [0, 0.05) is 52.6 Å². The number of methoxy groups -OCH3 is 1. The van der Waals surface area contributed by atoms with Crippen molar-refractivity contribution in [3.8, 4) is 0 Å². The van der Waals surface area contributed by atoms with E-state index >= 15 is 0 Å². The Morgan fingerprint density at radius 1 is 1.29 bits per heavy atom. The van der Waals surface area contributed by atoms with E-state index in [1.807, 2.05) is 7.05 Å². The van der Waals surface area contributed by atoms with Crippen molar-refractivity contribution in [2.75, 3.05) is 26.1 Å². The maximum atomic E-state index is 5.13. The van der Waals surface area contributed by atoms with Gasteiger partial charge in [0.1, 0.15) is 0 Å². The number of hydrogen-bond donors (Lipinski definition) is 1. The minimum Gasteiger partial charge on any atom is -0.388 e. The number of rotatable bonds is 5. The van der Waals surface area contributed by atoms with Gasteiger partial charge in [-0.25, -0.2) is 0 Å². The quantitative estimate of drug-likeness (QED) is 0.839. The molecular formula is C14H22NOY-. The molecule has 0 aliphatic rings. The molecule has 1 radical (unpaired) electrons. The van der Waals surface area contributed by atoms with Crippen LogP contribution in [0.15, 0.2) is 29.8 Å². The molecule has 0 amide bonds. The second-order valence-corrected chi connectivity index (χ2v) is 3.46. The van der Waals surface area contributed by atoms with Crippen LogP contribution in [0.2, 0.25) is 0 Å². The number of anilines is 1.